The lowest BCUT2D eigenvalue weighted by atomic mass is 9.87. The van der Waals surface area contributed by atoms with Crippen molar-refractivity contribution in [2.24, 2.45) is 10.9 Å². The molecule has 0 radical (unpaired) electrons. The molecule has 1 atom stereocenters. The molecule has 1 aromatic heterocycles. The summed E-state index contributed by atoms with van der Waals surface area (Å²) in [5.74, 6) is -0.379. The fourth-order valence-electron chi connectivity index (χ4n) is 4.83. The highest BCUT2D eigenvalue weighted by Crippen LogP contribution is 2.39. The molecular formula is C30H27FN4O4. The van der Waals surface area contributed by atoms with Crippen molar-refractivity contribution in [3.05, 3.63) is 94.7 Å². The highest BCUT2D eigenvalue weighted by atomic mass is 19.1. The second-order valence-corrected chi connectivity index (χ2v) is 9.22. The van der Waals surface area contributed by atoms with Crippen LogP contribution in [-0.4, -0.2) is 41.0 Å². The van der Waals surface area contributed by atoms with E-state index in [2.05, 4.69) is 16.9 Å². The van der Waals surface area contributed by atoms with Gasteiger partial charge in [0, 0.05) is 40.6 Å². The molecule has 8 nitrogen and oxygen atoms in total. The van der Waals surface area contributed by atoms with Gasteiger partial charge in [-0.1, -0.05) is 31.7 Å². The van der Waals surface area contributed by atoms with Crippen molar-refractivity contribution in [3.8, 4) is 17.0 Å². The van der Waals surface area contributed by atoms with E-state index in [0.717, 1.165) is 16.7 Å². The molecule has 0 saturated carbocycles. The zero-order chi connectivity index (χ0) is 27.7. The van der Waals surface area contributed by atoms with Crippen molar-refractivity contribution in [2.75, 3.05) is 19.5 Å². The minimum Gasteiger partial charge on any atom is -0.500 e. The Bertz CT molecular complexity index is 1590. The molecule has 0 bridgehead atoms. The van der Waals surface area contributed by atoms with E-state index in [-0.39, 0.29) is 29.6 Å². The van der Waals surface area contributed by atoms with Crippen LogP contribution in [0.1, 0.15) is 40.4 Å². The van der Waals surface area contributed by atoms with E-state index < -0.39 is 5.97 Å². The highest BCUT2D eigenvalue weighted by Gasteiger charge is 2.31. The molecule has 0 fully saturated rings. The number of hydrogen-bond acceptors (Lipinski definition) is 7. The largest absolute Gasteiger partial charge is 0.500 e. The first-order valence-electron chi connectivity index (χ1n) is 12.3. The molecule has 0 amide bonds. The van der Waals surface area contributed by atoms with E-state index >= 15 is 4.39 Å². The Morgan fingerprint density at radius 3 is 2.72 bits per heavy atom. The number of carbonyl (C=O) groups is 1. The molecule has 39 heavy (non-hydrogen) atoms. The number of methoxy groups -OCH3 is 2. The summed E-state index contributed by atoms with van der Waals surface area (Å²) < 4.78 is 26.3. The van der Waals surface area contributed by atoms with Crippen LogP contribution >= 0.6 is 0 Å². The molecule has 9 heteroatoms. The predicted octanol–water partition coefficient (Wildman–Crippen LogP) is 6.33. The Balaban J connectivity index is 1.61. The Morgan fingerprint density at radius 1 is 1.18 bits per heavy atom. The lowest BCUT2D eigenvalue weighted by molar-refractivity contribution is 0.0693. The van der Waals surface area contributed by atoms with Crippen molar-refractivity contribution in [2.45, 2.75) is 19.9 Å². The number of nitrogens with one attached hydrogen (secondary N) is 1. The van der Waals surface area contributed by atoms with Gasteiger partial charge in [0.05, 0.1) is 37.7 Å². The highest BCUT2D eigenvalue weighted by molar-refractivity contribution is 6.19. The third kappa shape index (κ3) is 4.79. The van der Waals surface area contributed by atoms with Crippen molar-refractivity contribution >= 4 is 29.4 Å². The maximum atomic E-state index is 15.4. The van der Waals surface area contributed by atoms with Crippen LogP contribution in [0, 0.1) is 5.92 Å². The maximum absolute atomic E-state index is 15.4. The van der Waals surface area contributed by atoms with Crippen LogP contribution in [0.25, 0.3) is 17.3 Å². The number of benzene rings is 2. The Hall–Kier alpha value is -4.79. The number of fused-ring (bicyclic) bond motifs is 3. The Morgan fingerprint density at radius 2 is 2.00 bits per heavy atom. The van der Waals surface area contributed by atoms with Crippen LogP contribution in [0.15, 0.2) is 77.4 Å². The number of aromatic nitrogens is 2. The normalized spacial score (nSPS) is 16.3. The fourth-order valence-corrected chi connectivity index (χ4v) is 4.83. The average molecular weight is 527 g/mol. The Labute approximate surface area is 225 Å². The second kappa shape index (κ2) is 10.5. The van der Waals surface area contributed by atoms with Crippen LogP contribution in [0.3, 0.4) is 0 Å². The topological polar surface area (TPSA) is 106 Å². The standard InChI is InChI=1S/C30H27FN4O4/c1-5-17-7-9-20-22(12-17)27(25-23(31)11-6-16(2)28(25)39-4)32-14-18-15-33-30(35-26(18)20)34-19-8-10-21(29(36)37)24(13-19)38-3/h5,7-13,15-16H,1,6,14H2,2-4H3,(H,36,37)(H,33,34,35). The van der Waals surface area contributed by atoms with Gasteiger partial charge in [0.25, 0.3) is 0 Å². The third-order valence-electron chi connectivity index (χ3n) is 6.79. The minimum atomic E-state index is -1.09. The van der Waals surface area contributed by atoms with Gasteiger partial charge < -0.3 is 19.9 Å². The number of carboxylic acid groups (broad SMARTS) is 1. The molecule has 1 unspecified atom stereocenters. The van der Waals surface area contributed by atoms with Gasteiger partial charge in [-0.15, -0.1) is 0 Å². The van der Waals surface area contributed by atoms with Crippen molar-refractivity contribution < 1.29 is 23.8 Å². The fraction of sp³-hybridized carbons (Fsp3) is 0.200. The number of aliphatic imine (C=N–C) groups is 1. The van der Waals surface area contributed by atoms with Crippen molar-refractivity contribution in [1.82, 2.24) is 9.97 Å². The summed E-state index contributed by atoms with van der Waals surface area (Å²) in [6.45, 7) is 6.13. The average Bonchev–Trinajstić information content (AvgIpc) is 3.10. The maximum Gasteiger partial charge on any atom is 0.339 e. The second-order valence-electron chi connectivity index (χ2n) is 9.22. The van der Waals surface area contributed by atoms with Gasteiger partial charge in [0.15, 0.2) is 0 Å². The number of nitrogens with zero attached hydrogens (tertiary/aromatic N) is 3. The molecule has 1 aliphatic carbocycles. The number of ether oxygens (including phenoxy) is 2. The number of aromatic carboxylic acids is 1. The zero-order valence-electron chi connectivity index (χ0n) is 21.8. The lowest BCUT2D eigenvalue weighted by Crippen LogP contribution is -2.18. The van der Waals surface area contributed by atoms with Crippen LogP contribution in [0.5, 0.6) is 5.75 Å². The molecule has 2 N–H and O–H groups in total. The summed E-state index contributed by atoms with van der Waals surface area (Å²) in [5.41, 5.74) is 5.21. The molecule has 2 aromatic carbocycles. The van der Waals surface area contributed by atoms with Gasteiger partial charge in [0.1, 0.15) is 22.9 Å². The monoisotopic (exact) mass is 526 g/mol. The van der Waals surface area contributed by atoms with E-state index in [4.69, 9.17) is 19.5 Å². The van der Waals surface area contributed by atoms with Crippen LogP contribution in [0.2, 0.25) is 0 Å². The van der Waals surface area contributed by atoms with E-state index in [1.165, 1.54) is 13.2 Å². The lowest BCUT2D eigenvalue weighted by Gasteiger charge is -2.24. The minimum absolute atomic E-state index is 0.00367. The first-order valence-corrected chi connectivity index (χ1v) is 12.3. The van der Waals surface area contributed by atoms with E-state index in [0.29, 0.717) is 46.4 Å². The van der Waals surface area contributed by atoms with E-state index in [1.54, 1.807) is 37.6 Å². The summed E-state index contributed by atoms with van der Waals surface area (Å²) in [5, 5.41) is 12.5. The number of anilines is 2. The van der Waals surface area contributed by atoms with Gasteiger partial charge >= 0.3 is 5.97 Å². The number of hydrogen-bond donors (Lipinski definition) is 2. The quantitative estimate of drug-likeness (QED) is 0.370. The summed E-state index contributed by atoms with van der Waals surface area (Å²) in [6, 6.07) is 10.4. The molecule has 1 aliphatic heterocycles. The summed E-state index contributed by atoms with van der Waals surface area (Å²) in [7, 11) is 2.96. The zero-order valence-corrected chi connectivity index (χ0v) is 21.8. The Kier molecular flexibility index (Phi) is 6.98. The molecule has 3 aromatic rings. The van der Waals surface area contributed by atoms with Crippen LogP contribution in [0.4, 0.5) is 16.0 Å². The van der Waals surface area contributed by atoms with Gasteiger partial charge in [-0.2, -0.15) is 0 Å². The van der Waals surface area contributed by atoms with Crippen LogP contribution < -0.4 is 10.1 Å². The smallest absolute Gasteiger partial charge is 0.339 e. The predicted molar refractivity (Wildman–Crippen MR) is 148 cm³/mol. The first-order chi connectivity index (χ1) is 18.8. The molecule has 2 aliphatic rings. The van der Waals surface area contributed by atoms with Gasteiger partial charge in [-0.25, -0.2) is 19.2 Å². The number of carboxylic acids is 1. The SMILES string of the molecule is C=Cc1ccc2c(c1)C(C1=C(OC)C(C)CC=C1F)=NCc1cnc(Nc3ccc(C(=O)O)c(OC)c3)nc1-2. The van der Waals surface area contributed by atoms with Crippen LogP contribution in [-0.2, 0) is 11.3 Å². The molecule has 0 spiro atoms. The molecule has 0 saturated heterocycles. The molecule has 198 valence electrons. The third-order valence-corrected chi connectivity index (χ3v) is 6.79. The number of halogens is 1. The summed E-state index contributed by atoms with van der Waals surface area (Å²) >= 11 is 0. The van der Waals surface area contributed by atoms with Crippen molar-refractivity contribution in [1.29, 1.82) is 0 Å². The summed E-state index contributed by atoms with van der Waals surface area (Å²) in [6.07, 6.45) is 5.54. The van der Waals surface area contributed by atoms with Gasteiger partial charge in [0.2, 0.25) is 5.95 Å². The van der Waals surface area contributed by atoms with Gasteiger partial charge in [-0.3, -0.25) is 4.99 Å². The summed E-state index contributed by atoms with van der Waals surface area (Å²) in [4.78, 5) is 25.5. The molecular weight excluding hydrogens is 499 g/mol. The molecule has 2 heterocycles. The molecule has 5 rings (SSSR count). The van der Waals surface area contributed by atoms with E-state index in [9.17, 15) is 9.90 Å². The number of allylic oxidation sites excluding steroid dienone is 4. The number of rotatable bonds is 7. The van der Waals surface area contributed by atoms with Gasteiger partial charge in [-0.05, 0) is 36.3 Å². The van der Waals surface area contributed by atoms with E-state index in [1.807, 2.05) is 25.1 Å². The van der Waals surface area contributed by atoms with Crippen molar-refractivity contribution in [3.63, 3.8) is 0 Å². The first kappa shape index (κ1) is 25.8.